The number of nitrogens with one attached hydrogen (secondary N) is 6. The average molecular weight is 1060 g/mol. The lowest BCUT2D eigenvalue weighted by molar-refractivity contribution is -0.120. The van der Waals surface area contributed by atoms with Gasteiger partial charge in [0.2, 0.25) is 11.8 Å². The number of carbonyl (C=O) groups excluding carboxylic acids is 4. The minimum atomic E-state index is -4.54. The first kappa shape index (κ1) is 53.8. The Morgan fingerprint density at radius 2 is 1.04 bits per heavy atom. The maximum atomic E-state index is 14.4. The molecule has 0 aliphatic heterocycles. The third-order valence-electron chi connectivity index (χ3n) is 11.1. The van der Waals surface area contributed by atoms with Gasteiger partial charge in [0, 0.05) is 38.3 Å². The summed E-state index contributed by atoms with van der Waals surface area (Å²) in [5.41, 5.74) is 4.46. The highest BCUT2D eigenvalue weighted by Gasteiger charge is 2.30. The van der Waals surface area contributed by atoms with E-state index in [1.807, 2.05) is 15.5 Å². The summed E-state index contributed by atoms with van der Waals surface area (Å²) in [4.78, 5) is 57.5. The highest BCUT2D eigenvalue weighted by Crippen LogP contribution is 2.30. The van der Waals surface area contributed by atoms with Gasteiger partial charge in [0.1, 0.15) is 23.6 Å². The quantitative estimate of drug-likeness (QED) is 0.0444. The second kappa shape index (κ2) is 24.1. The van der Waals surface area contributed by atoms with E-state index < -0.39 is 56.4 Å². The molecule has 0 aliphatic rings. The second-order valence-corrected chi connectivity index (χ2v) is 19.9. The molecule has 0 saturated carbocycles. The van der Waals surface area contributed by atoms with E-state index in [1.165, 1.54) is 55.3 Å². The van der Waals surface area contributed by atoms with E-state index in [1.54, 1.807) is 123 Å². The number of likely N-dealkylation sites (N-methyl/N-ethyl adjacent to an activating group) is 2. The number of benzene rings is 6. The fourth-order valence-electron chi connectivity index (χ4n) is 7.48. The number of hydrogen-bond acceptors (Lipinski definition) is 10. The minimum Gasteiger partial charge on any atom is -0.497 e. The molecule has 22 heteroatoms. The standard InChI is InChI=1S/C50H52Cl2N8O10S2/c1-32-26-37(55-71(65,66)57-49(63)53-44(27-33-12-8-6-9-13-33)47(61)59(2)39-19-21-40(69-4)22-20-39)17-16-35(32)29-36-30-41(70-5)23-25-46(36)60(3)48(62)45(28-34-14-10-7-11-15-34)54-50(64)58-72(67,68)56-38-18-24-42(51)43(52)31-38/h6-26,30-31,44-45,55-56H,27-29H2,1-5H3,(H2,53,57,63)(H2,54,58,64)/t44-,45?/m0/s1. The van der Waals surface area contributed by atoms with Crippen LogP contribution < -0.4 is 48.8 Å². The smallest absolute Gasteiger partial charge is 0.330 e. The highest BCUT2D eigenvalue weighted by atomic mass is 35.5. The molecule has 6 aromatic carbocycles. The third kappa shape index (κ3) is 15.0. The Hall–Kier alpha value is -7.52. The Morgan fingerprint density at radius 3 is 1.54 bits per heavy atom. The summed E-state index contributed by atoms with van der Waals surface area (Å²) < 4.78 is 71.8. The van der Waals surface area contributed by atoms with Crippen LogP contribution in [0.15, 0.2) is 140 Å². The Morgan fingerprint density at radius 1 is 0.556 bits per heavy atom. The van der Waals surface area contributed by atoms with Crippen LogP contribution in [-0.4, -0.2) is 81.1 Å². The molecule has 0 fully saturated rings. The first-order valence-corrected chi connectivity index (χ1v) is 25.7. The van der Waals surface area contributed by atoms with E-state index in [0.29, 0.717) is 39.6 Å². The van der Waals surface area contributed by atoms with Gasteiger partial charge in [-0.25, -0.2) is 19.0 Å². The Labute approximate surface area is 428 Å². The summed E-state index contributed by atoms with van der Waals surface area (Å²) >= 11 is 12.0. The van der Waals surface area contributed by atoms with Crippen molar-refractivity contribution in [1.29, 1.82) is 0 Å². The Bertz CT molecular complexity index is 3140. The molecule has 18 nitrogen and oxygen atoms in total. The molecule has 6 aromatic rings. The number of rotatable bonds is 20. The van der Waals surface area contributed by atoms with Gasteiger partial charge in [0.25, 0.3) is 0 Å². The zero-order chi connectivity index (χ0) is 52.2. The van der Waals surface area contributed by atoms with E-state index in [2.05, 4.69) is 20.1 Å². The van der Waals surface area contributed by atoms with E-state index in [-0.39, 0.29) is 40.7 Å². The van der Waals surface area contributed by atoms with Crippen LogP contribution in [0.3, 0.4) is 0 Å². The SMILES string of the molecule is COc1ccc(N(C)C(=O)[C@H](Cc2ccccc2)NC(=O)NS(=O)(=O)Nc2ccc(Cc3cc(OC)ccc3N(C)C(=O)C(Cc3ccccc3)NC(=O)NS(=O)(=O)Nc3ccc(Cl)c(Cl)c3)c(C)c2)cc1. The topological polar surface area (TPSA) is 234 Å². The molecule has 6 amide bonds. The van der Waals surface area contributed by atoms with Crippen LogP contribution in [-0.2, 0) is 49.3 Å². The average Bonchev–Trinajstić information content (AvgIpc) is 3.34. The first-order valence-electron chi connectivity index (χ1n) is 21.9. The number of anilines is 4. The minimum absolute atomic E-state index is 0.00942. The van der Waals surface area contributed by atoms with E-state index in [4.69, 9.17) is 32.7 Å². The summed E-state index contributed by atoms with van der Waals surface area (Å²) in [6.45, 7) is 1.75. The van der Waals surface area contributed by atoms with Crippen molar-refractivity contribution in [3.63, 3.8) is 0 Å². The van der Waals surface area contributed by atoms with Crippen LogP contribution in [0, 0.1) is 6.92 Å². The van der Waals surface area contributed by atoms with Crippen LogP contribution >= 0.6 is 23.2 Å². The molecule has 0 saturated heterocycles. The molecule has 1 unspecified atom stereocenters. The number of ether oxygens (including phenoxy) is 2. The number of nitrogens with zero attached hydrogens (tertiary/aromatic N) is 2. The van der Waals surface area contributed by atoms with Crippen LogP contribution in [0.25, 0.3) is 0 Å². The fraction of sp³-hybridized carbons (Fsp3) is 0.200. The molecule has 0 aromatic heterocycles. The van der Waals surface area contributed by atoms with Crippen LogP contribution in [0.4, 0.5) is 32.3 Å². The molecule has 0 spiro atoms. The maximum Gasteiger partial charge on any atom is 0.330 e. The number of carbonyl (C=O) groups is 4. The lowest BCUT2D eigenvalue weighted by Gasteiger charge is -2.27. The zero-order valence-electron chi connectivity index (χ0n) is 39.6. The van der Waals surface area contributed by atoms with Crippen molar-refractivity contribution in [2.75, 3.05) is 47.6 Å². The molecule has 72 heavy (non-hydrogen) atoms. The van der Waals surface area contributed by atoms with Crippen LogP contribution in [0.2, 0.25) is 10.0 Å². The van der Waals surface area contributed by atoms with Crippen LogP contribution in [0.1, 0.15) is 27.8 Å². The van der Waals surface area contributed by atoms with E-state index in [0.717, 1.165) is 11.1 Å². The first-order chi connectivity index (χ1) is 34.2. The zero-order valence-corrected chi connectivity index (χ0v) is 42.7. The molecule has 6 rings (SSSR count). The number of aryl methyl sites for hydroxylation is 1. The molecule has 378 valence electrons. The van der Waals surface area contributed by atoms with Gasteiger partial charge < -0.3 is 29.9 Å². The monoisotopic (exact) mass is 1060 g/mol. The largest absolute Gasteiger partial charge is 0.497 e. The normalized spacial score (nSPS) is 12.0. The predicted molar refractivity (Wildman–Crippen MR) is 280 cm³/mol. The molecular formula is C50H52Cl2N8O10S2. The third-order valence-corrected chi connectivity index (χ3v) is 13.8. The summed E-state index contributed by atoms with van der Waals surface area (Å²) in [6.07, 6.45) is 0.266. The van der Waals surface area contributed by atoms with Gasteiger partial charge >= 0.3 is 32.5 Å². The molecule has 0 aliphatic carbocycles. The Kier molecular flexibility index (Phi) is 18.0. The number of hydrogen-bond donors (Lipinski definition) is 6. The second-order valence-electron chi connectivity index (χ2n) is 16.3. The Balaban J connectivity index is 1.15. The van der Waals surface area contributed by atoms with Crippen molar-refractivity contribution in [1.82, 2.24) is 20.1 Å². The summed E-state index contributed by atoms with van der Waals surface area (Å²) in [5, 5.41) is 5.32. The molecule has 6 N–H and O–H groups in total. The number of methoxy groups -OCH3 is 2. The summed E-state index contributed by atoms with van der Waals surface area (Å²) in [5.74, 6) is -0.0311. The van der Waals surface area contributed by atoms with E-state index >= 15 is 0 Å². The lowest BCUT2D eigenvalue weighted by Crippen LogP contribution is -2.53. The molecule has 0 heterocycles. The number of urea groups is 2. The van der Waals surface area contributed by atoms with Gasteiger partial charge in [0.05, 0.1) is 35.6 Å². The molecule has 0 bridgehead atoms. The number of halogens is 2. The fourth-order valence-corrected chi connectivity index (χ4v) is 9.36. The summed E-state index contributed by atoms with van der Waals surface area (Å²) in [7, 11) is -2.99. The van der Waals surface area contributed by atoms with Gasteiger partial charge in [-0.3, -0.25) is 19.0 Å². The van der Waals surface area contributed by atoms with Crippen molar-refractivity contribution < 1.29 is 45.5 Å². The van der Waals surface area contributed by atoms with Crippen molar-refractivity contribution in [2.45, 2.75) is 38.3 Å². The predicted octanol–water partition coefficient (Wildman–Crippen LogP) is 7.37. The molecular weight excluding hydrogens is 1010 g/mol. The van der Waals surface area contributed by atoms with Crippen molar-refractivity contribution in [3.05, 3.63) is 177 Å². The maximum absolute atomic E-state index is 14.4. The van der Waals surface area contributed by atoms with Crippen molar-refractivity contribution in [3.8, 4) is 11.5 Å². The van der Waals surface area contributed by atoms with Gasteiger partial charge in [-0.05, 0) is 114 Å². The van der Waals surface area contributed by atoms with Crippen LogP contribution in [0.5, 0.6) is 11.5 Å². The molecule has 2 atom stereocenters. The molecule has 0 radical (unpaired) electrons. The highest BCUT2D eigenvalue weighted by molar-refractivity contribution is 7.91. The van der Waals surface area contributed by atoms with Gasteiger partial charge in [-0.1, -0.05) is 89.9 Å². The van der Waals surface area contributed by atoms with Gasteiger partial charge in [-0.2, -0.15) is 16.8 Å². The van der Waals surface area contributed by atoms with Gasteiger partial charge in [0.15, 0.2) is 0 Å². The van der Waals surface area contributed by atoms with Crippen molar-refractivity contribution in [2.24, 2.45) is 0 Å². The van der Waals surface area contributed by atoms with Gasteiger partial charge in [-0.15, -0.1) is 0 Å². The summed E-state index contributed by atoms with van der Waals surface area (Å²) in [6, 6.07) is 33.6. The van der Waals surface area contributed by atoms with Crippen molar-refractivity contribution >= 4 is 90.2 Å². The number of amides is 6. The lowest BCUT2D eigenvalue weighted by atomic mass is 9.97. The van der Waals surface area contributed by atoms with E-state index in [9.17, 15) is 36.0 Å².